The lowest BCUT2D eigenvalue weighted by molar-refractivity contribution is -0.146. The van der Waals surface area contributed by atoms with E-state index in [0.29, 0.717) is 7.55 Å². The highest BCUT2D eigenvalue weighted by molar-refractivity contribution is 6.37. The summed E-state index contributed by atoms with van der Waals surface area (Å²) < 4.78 is 10.8. The van der Waals surface area contributed by atoms with Crippen LogP contribution in [0, 0.1) is 23.7 Å². The van der Waals surface area contributed by atoms with E-state index in [-0.39, 0.29) is 19.3 Å². The van der Waals surface area contributed by atoms with Crippen LogP contribution in [0.1, 0.15) is 33.1 Å². The number of rotatable bonds is 18. The Kier molecular flexibility index (Phi) is 16.9. The van der Waals surface area contributed by atoms with Gasteiger partial charge in [0.25, 0.3) is 0 Å². The Morgan fingerprint density at radius 1 is 0.722 bits per heavy atom. The molecule has 0 unspecified atom stereocenters. The van der Waals surface area contributed by atoms with Gasteiger partial charge in [-0.2, -0.15) is 0 Å². The van der Waals surface area contributed by atoms with Gasteiger partial charge in [0.2, 0.25) is 11.8 Å². The molecule has 54 heavy (non-hydrogen) atoms. The zero-order valence-electron chi connectivity index (χ0n) is 29.2. The third-order valence-electron chi connectivity index (χ3n) is 8.92. The number of hydrogen-bond donors (Lipinski definition) is 15. The summed E-state index contributed by atoms with van der Waals surface area (Å²) >= 11 is 0. The molecule has 19 N–H and O–H groups in total. The van der Waals surface area contributed by atoms with E-state index in [1.165, 1.54) is 0 Å². The van der Waals surface area contributed by atoms with Gasteiger partial charge in [-0.3, -0.25) is 19.2 Å². The number of aliphatic carboxylic acids is 2. The van der Waals surface area contributed by atoms with Crippen LogP contribution in [-0.2, 0) is 28.7 Å². The molecule has 0 aromatic carbocycles. The molecular formula is C28H48BN10O15. The van der Waals surface area contributed by atoms with Crippen LogP contribution in [0.2, 0.25) is 0 Å². The first-order valence-electron chi connectivity index (χ1n) is 16.4. The number of aliphatic hydroxyl groups is 5. The molecule has 0 heterocycles. The molecule has 0 aromatic heterocycles. The van der Waals surface area contributed by atoms with Crippen molar-refractivity contribution in [3.05, 3.63) is 0 Å². The summed E-state index contributed by atoms with van der Waals surface area (Å²) in [6.45, 7) is 0.624. The minimum atomic E-state index is -1.94. The first-order chi connectivity index (χ1) is 25.2. The number of guanidine groups is 2. The van der Waals surface area contributed by atoms with Crippen molar-refractivity contribution >= 4 is 55.4 Å². The standard InChI is InChI=1S/C28H48BN10O15/c1-8(42)34-18(14(44)3-4-40)16-12(36-25(30)31)5-10(23(47)48)21(16)53-27(51)38-29-39-28(52)54-22-11(24(49)50)6-13(37-26(32)33)17(22)19(35-9(2)43)20(46)15(45)7-41/h10-22,40-41,44-46H,3-7H2,1-2H3,(H,34,42)(H,35,43)(H,38,51)(H,39,52)(H,47,48)(H,49,50)(H4,30,31,36)(H4,32,33,37)/t10-,11-,12+,13+,14-,15-,16+,17+,18+,19-,20-,21+,22+/m0/s1. The lowest BCUT2D eigenvalue weighted by atomic mass is 9.85. The first kappa shape index (κ1) is 45.0. The largest absolute Gasteiger partial charge is 0.481 e. The van der Waals surface area contributed by atoms with E-state index < -0.39 is 139 Å². The molecule has 13 atom stereocenters. The minimum absolute atomic E-state index is 0.281. The number of nitrogens with two attached hydrogens (primary N) is 4. The fourth-order valence-electron chi connectivity index (χ4n) is 6.89. The van der Waals surface area contributed by atoms with Crippen LogP contribution in [-0.4, -0.2) is 159 Å². The van der Waals surface area contributed by atoms with Crippen molar-refractivity contribution in [2.24, 2.45) is 56.6 Å². The number of amides is 4. The van der Waals surface area contributed by atoms with Gasteiger partial charge in [0.05, 0.1) is 48.7 Å². The maximum atomic E-state index is 13.0. The van der Waals surface area contributed by atoms with Crippen LogP contribution in [0.4, 0.5) is 9.59 Å². The van der Waals surface area contributed by atoms with Crippen LogP contribution < -0.4 is 44.0 Å². The second kappa shape index (κ2) is 20.3. The van der Waals surface area contributed by atoms with Crippen molar-refractivity contribution in [3.63, 3.8) is 0 Å². The zero-order valence-corrected chi connectivity index (χ0v) is 29.2. The Labute approximate surface area is 308 Å². The highest BCUT2D eigenvalue weighted by Crippen LogP contribution is 2.41. The number of ether oxygens (including phenoxy) is 2. The van der Waals surface area contributed by atoms with Gasteiger partial charge in [0, 0.05) is 32.3 Å². The second-order valence-electron chi connectivity index (χ2n) is 12.7. The third kappa shape index (κ3) is 12.2. The van der Waals surface area contributed by atoms with Crippen molar-refractivity contribution in [2.45, 2.75) is 87.8 Å². The van der Waals surface area contributed by atoms with Crippen molar-refractivity contribution < 1.29 is 74.0 Å². The molecule has 0 spiro atoms. The number of nitrogens with one attached hydrogen (secondary N) is 4. The van der Waals surface area contributed by atoms with Gasteiger partial charge in [-0.15, -0.1) is 0 Å². The number of carboxylic acid groups (broad SMARTS) is 2. The van der Waals surface area contributed by atoms with Crippen molar-refractivity contribution in [3.8, 4) is 0 Å². The molecule has 0 aliphatic heterocycles. The van der Waals surface area contributed by atoms with Gasteiger partial charge in [0.1, 0.15) is 24.4 Å². The van der Waals surface area contributed by atoms with E-state index in [4.69, 9.17) is 32.4 Å². The highest BCUT2D eigenvalue weighted by Gasteiger charge is 2.56. The topological polar surface area (TPSA) is 439 Å². The summed E-state index contributed by atoms with van der Waals surface area (Å²) in [6, 6.07) is -5.24. The van der Waals surface area contributed by atoms with E-state index in [0.717, 1.165) is 13.8 Å². The molecule has 26 heteroatoms. The second-order valence-corrected chi connectivity index (χ2v) is 12.7. The summed E-state index contributed by atoms with van der Waals surface area (Å²) in [6.07, 6.45) is -12.4. The number of carbonyl (C=O) groups excluding carboxylic acids is 4. The fraction of sp³-hybridized carbons (Fsp3) is 0.714. The van der Waals surface area contributed by atoms with Gasteiger partial charge in [0.15, 0.2) is 11.9 Å². The van der Waals surface area contributed by atoms with Crippen LogP contribution in [0.15, 0.2) is 9.98 Å². The quantitative estimate of drug-likeness (QED) is 0.0349. The molecule has 2 fully saturated rings. The van der Waals surface area contributed by atoms with Gasteiger partial charge in [-0.1, -0.05) is 0 Å². The first-order valence-corrected chi connectivity index (χ1v) is 16.4. The van der Waals surface area contributed by atoms with E-state index >= 15 is 0 Å². The molecule has 1 radical (unpaired) electrons. The molecule has 4 amide bonds. The summed E-state index contributed by atoms with van der Waals surface area (Å²) in [7, 11) is 0.576. The smallest absolute Gasteiger partial charge is 0.396 e. The number of nitrogens with zero attached hydrogens (tertiary/aromatic N) is 2. The average molecular weight is 776 g/mol. The van der Waals surface area contributed by atoms with Gasteiger partial charge >= 0.3 is 31.7 Å². The SMILES string of the molecule is CC(=O)N[C@H]([C@@H](O)[C@@H](O)CO)[C@@H]1[C@H](OC(=O)N[B]NC(=O)O[C@H]2[C@@H]([C@H](NC(C)=O)[C@@H](O)CCO)[C@H](N=C(N)N)C[C@@H]2C(=O)O)[C@@H](C(=O)O)C[C@H]1N=C(N)N. The van der Waals surface area contributed by atoms with Crippen LogP contribution in [0.3, 0.4) is 0 Å². The van der Waals surface area contributed by atoms with Crippen LogP contribution in [0.25, 0.3) is 0 Å². The summed E-state index contributed by atoms with van der Waals surface area (Å²) in [5.74, 6) is -11.1. The van der Waals surface area contributed by atoms with Gasteiger partial charge in [-0.25, -0.2) is 19.6 Å². The molecule has 0 saturated heterocycles. The van der Waals surface area contributed by atoms with E-state index in [9.17, 15) is 64.5 Å². The monoisotopic (exact) mass is 775 g/mol. The van der Waals surface area contributed by atoms with Crippen molar-refractivity contribution in [2.75, 3.05) is 13.2 Å². The lowest BCUT2D eigenvalue weighted by Gasteiger charge is -2.36. The molecule has 2 saturated carbocycles. The number of aliphatic imine (C=N–C) groups is 2. The number of carbonyl (C=O) groups is 6. The minimum Gasteiger partial charge on any atom is -0.481 e. The Morgan fingerprint density at radius 2 is 1.13 bits per heavy atom. The average Bonchev–Trinajstić information content (AvgIpc) is 3.58. The Balaban J connectivity index is 2.33. The van der Waals surface area contributed by atoms with E-state index in [1.807, 2.05) is 10.5 Å². The predicted molar refractivity (Wildman–Crippen MR) is 182 cm³/mol. The van der Waals surface area contributed by atoms with E-state index in [2.05, 4.69) is 20.6 Å². The Hall–Kier alpha value is -5.18. The molecular weight excluding hydrogens is 727 g/mol. The lowest BCUT2D eigenvalue weighted by Crippen LogP contribution is -2.58. The molecule has 25 nitrogen and oxygen atoms in total. The zero-order chi connectivity index (χ0) is 41.0. The highest BCUT2D eigenvalue weighted by atomic mass is 16.6. The molecule has 2 aliphatic rings. The van der Waals surface area contributed by atoms with Gasteiger partial charge in [-0.05, 0) is 19.3 Å². The molecule has 0 bridgehead atoms. The molecule has 0 aromatic rings. The third-order valence-corrected chi connectivity index (χ3v) is 8.92. The molecule has 2 rings (SSSR count). The fourth-order valence-corrected chi connectivity index (χ4v) is 6.89. The predicted octanol–water partition coefficient (Wildman–Crippen LogP) is -7.10. The van der Waals surface area contributed by atoms with Crippen molar-refractivity contribution in [1.29, 1.82) is 0 Å². The maximum Gasteiger partial charge on any atom is 0.396 e. The van der Waals surface area contributed by atoms with Crippen LogP contribution >= 0.6 is 0 Å². The Bertz CT molecular complexity index is 1420. The van der Waals surface area contributed by atoms with Gasteiger partial charge < -0.3 is 89.2 Å². The molecule has 2 aliphatic carbocycles. The van der Waals surface area contributed by atoms with E-state index in [1.54, 1.807) is 0 Å². The number of carboxylic acids is 2. The maximum absolute atomic E-state index is 13.0. The number of hydrogen-bond acceptors (Lipinski definition) is 15. The van der Waals surface area contributed by atoms with Crippen LogP contribution in [0.5, 0.6) is 0 Å². The van der Waals surface area contributed by atoms with Crippen molar-refractivity contribution in [1.82, 2.24) is 21.1 Å². The molecule has 303 valence electrons. The Morgan fingerprint density at radius 3 is 1.48 bits per heavy atom. The normalized spacial score (nSPS) is 27.4. The summed E-state index contributed by atoms with van der Waals surface area (Å²) in [5.41, 5.74) is 22.1. The summed E-state index contributed by atoms with van der Waals surface area (Å²) in [4.78, 5) is 82.5. The number of aliphatic hydroxyl groups excluding tert-OH is 5. The summed E-state index contributed by atoms with van der Waals surface area (Å²) in [5, 5.41) is 79.3.